The minimum Gasteiger partial charge on any atom is -0.481 e. The van der Waals surface area contributed by atoms with Gasteiger partial charge in [0.25, 0.3) is 5.91 Å². The molecule has 176 valence electrons. The fourth-order valence-electron chi connectivity index (χ4n) is 3.23. The van der Waals surface area contributed by atoms with Gasteiger partial charge in [-0.25, -0.2) is 9.97 Å². The van der Waals surface area contributed by atoms with Crippen molar-refractivity contribution in [3.8, 4) is 23.0 Å². The summed E-state index contributed by atoms with van der Waals surface area (Å²) in [7, 11) is 3.23. The first-order valence-electron chi connectivity index (χ1n) is 10.1. The van der Waals surface area contributed by atoms with Crippen LogP contribution in [0, 0.1) is 0 Å². The fourth-order valence-corrected chi connectivity index (χ4v) is 3.23. The number of nitrogens with zero attached hydrogens (tertiary/aromatic N) is 5. The maximum atomic E-state index is 13.5. The van der Waals surface area contributed by atoms with Crippen LogP contribution in [0.25, 0.3) is 11.3 Å². The van der Waals surface area contributed by atoms with Crippen LogP contribution in [-0.2, 0) is 13.2 Å². The van der Waals surface area contributed by atoms with Gasteiger partial charge in [0.15, 0.2) is 0 Å². The van der Waals surface area contributed by atoms with Crippen molar-refractivity contribution in [3.05, 3.63) is 54.0 Å². The van der Waals surface area contributed by atoms with Gasteiger partial charge < -0.3 is 14.4 Å². The molecule has 0 radical (unpaired) electrons. The van der Waals surface area contributed by atoms with Gasteiger partial charge in [0, 0.05) is 49.9 Å². The average molecular weight is 463 g/mol. The molecule has 0 aliphatic heterocycles. The molecule has 0 bridgehead atoms. The highest BCUT2D eigenvalue weighted by Gasteiger charge is 2.31. The molecule has 8 nitrogen and oxygen atoms in total. The van der Waals surface area contributed by atoms with E-state index in [0.29, 0.717) is 29.6 Å². The number of rotatable bonds is 8. The molecule has 3 heterocycles. The Morgan fingerprint density at radius 3 is 2.45 bits per heavy atom. The van der Waals surface area contributed by atoms with Gasteiger partial charge in [-0.05, 0) is 26.0 Å². The first-order valence-corrected chi connectivity index (χ1v) is 10.1. The van der Waals surface area contributed by atoms with Crippen LogP contribution in [0.1, 0.15) is 29.8 Å². The van der Waals surface area contributed by atoms with E-state index in [4.69, 9.17) is 9.47 Å². The van der Waals surface area contributed by atoms with E-state index >= 15 is 0 Å². The zero-order valence-corrected chi connectivity index (χ0v) is 18.6. The van der Waals surface area contributed by atoms with Crippen molar-refractivity contribution >= 4 is 5.91 Å². The van der Waals surface area contributed by atoms with E-state index < -0.39 is 17.8 Å². The monoisotopic (exact) mass is 463 g/mol. The summed E-state index contributed by atoms with van der Waals surface area (Å²) in [6, 6.07) is 4.99. The lowest BCUT2D eigenvalue weighted by Gasteiger charge is -2.28. The van der Waals surface area contributed by atoms with E-state index in [0.717, 1.165) is 12.1 Å². The minimum absolute atomic E-state index is 0.0399. The quantitative estimate of drug-likeness (QED) is 0.505. The minimum atomic E-state index is -4.47. The van der Waals surface area contributed by atoms with E-state index in [1.807, 2.05) is 6.92 Å². The highest BCUT2D eigenvalue weighted by Crippen LogP contribution is 2.29. The molecule has 3 rings (SSSR count). The molecule has 1 atom stereocenters. The Kier molecular flexibility index (Phi) is 7.19. The maximum Gasteiger partial charge on any atom is 0.417 e. The summed E-state index contributed by atoms with van der Waals surface area (Å²) >= 11 is 0. The summed E-state index contributed by atoms with van der Waals surface area (Å²) in [6.07, 6.45) is -0.458. The molecule has 0 aliphatic carbocycles. The lowest BCUT2D eigenvalue weighted by Crippen LogP contribution is -2.42. The zero-order valence-electron chi connectivity index (χ0n) is 18.6. The van der Waals surface area contributed by atoms with Crippen molar-refractivity contribution in [1.29, 1.82) is 0 Å². The largest absolute Gasteiger partial charge is 0.481 e. The SMILES string of the molecule is CCN(C(=O)c1cc(OC)ncc1-c1ccn(C)n1)[C@@H](C)COc1ccc(C(F)(F)F)cn1. The summed E-state index contributed by atoms with van der Waals surface area (Å²) in [6.45, 7) is 4.02. The summed E-state index contributed by atoms with van der Waals surface area (Å²) in [4.78, 5) is 23.0. The second-order valence-electron chi connectivity index (χ2n) is 7.28. The van der Waals surface area contributed by atoms with E-state index in [2.05, 4.69) is 15.1 Å². The van der Waals surface area contributed by atoms with Gasteiger partial charge in [0.2, 0.25) is 11.8 Å². The number of amides is 1. The van der Waals surface area contributed by atoms with Gasteiger partial charge in [0.1, 0.15) is 6.61 Å². The number of methoxy groups -OCH3 is 1. The topological polar surface area (TPSA) is 82.4 Å². The van der Waals surface area contributed by atoms with Gasteiger partial charge in [-0.1, -0.05) is 0 Å². The first kappa shape index (κ1) is 24.0. The molecule has 0 aliphatic rings. The molecule has 11 heteroatoms. The highest BCUT2D eigenvalue weighted by molar-refractivity contribution is 6.00. The van der Waals surface area contributed by atoms with Gasteiger partial charge >= 0.3 is 6.18 Å². The molecule has 0 fully saturated rings. The molecule has 0 aromatic carbocycles. The van der Waals surface area contributed by atoms with Gasteiger partial charge in [-0.2, -0.15) is 18.3 Å². The molecule has 33 heavy (non-hydrogen) atoms. The molecule has 0 saturated heterocycles. The van der Waals surface area contributed by atoms with Crippen molar-refractivity contribution in [2.24, 2.45) is 7.05 Å². The Labute approximate surface area is 189 Å². The highest BCUT2D eigenvalue weighted by atomic mass is 19.4. The van der Waals surface area contributed by atoms with Crippen LogP contribution in [0.2, 0.25) is 0 Å². The third-order valence-corrected chi connectivity index (χ3v) is 4.98. The Morgan fingerprint density at radius 2 is 1.91 bits per heavy atom. The first-order chi connectivity index (χ1) is 15.6. The number of halogens is 3. The number of likely N-dealkylation sites (N-methyl/N-ethyl adjacent to an activating group) is 1. The van der Waals surface area contributed by atoms with Crippen LogP contribution in [0.4, 0.5) is 13.2 Å². The molecule has 1 amide bonds. The number of aryl methyl sites for hydroxylation is 1. The molecule has 3 aromatic heterocycles. The van der Waals surface area contributed by atoms with Gasteiger partial charge in [0.05, 0.1) is 30.0 Å². The summed E-state index contributed by atoms with van der Waals surface area (Å²) < 4.78 is 50.5. The summed E-state index contributed by atoms with van der Waals surface area (Å²) in [5, 5.41) is 4.36. The summed E-state index contributed by atoms with van der Waals surface area (Å²) in [5.74, 6) is 0.0420. The second-order valence-corrected chi connectivity index (χ2v) is 7.28. The molecule has 0 unspecified atom stereocenters. The van der Waals surface area contributed by atoms with E-state index in [1.165, 1.54) is 13.3 Å². The fraction of sp³-hybridized carbons (Fsp3) is 0.364. The lowest BCUT2D eigenvalue weighted by atomic mass is 10.1. The average Bonchev–Trinajstić information content (AvgIpc) is 3.23. The standard InChI is InChI=1S/C22H24F3N5O3/c1-5-30(14(2)13-33-19-7-6-15(11-26-19)22(23,24)25)21(31)16-10-20(32-4)27-12-17(16)18-8-9-29(3)28-18/h6-12,14H,5,13H2,1-4H3/t14-/m0/s1. The number of hydrogen-bond donors (Lipinski definition) is 0. The number of pyridine rings is 2. The van der Waals surface area contributed by atoms with Crippen molar-refractivity contribution in [3.63, 3.8) is 0 Å². The van der Waals surface area contributed by atoms with Crippen LogP contribution in [0.3, 0.4) is 0 Å². The number of ether oxygens (including phenoxy) is 2. The van der Waals surface area contributed by atoms with Crippen molar-refractivity contribution in [2.45, 2.75) is 26.1 Å². The Bertz CT molecular complexity index is 1100. The van der Waals surface area contributed by atoms with Crippen LogP contribution in [0.15, 0.2) is 42.9 Å². The van der Waals surface area contributed by atoms with E-state index in [1.54, 1.807) is 41.9 Å². The Balaban J connectivity index is 1.79. The van der Waals surface area contributed by atoms with Gasteiger partial charge in [-0.3, -0.25) is 9.48 Å². The van der Waals surface area contributed by atoms with Crippen LogP contribution in [0.5, 0.6) is 11.8 Å². The molecule has 0 saturated carbocycles. The normalized spacial score (nSPS) is 12.3. The third-order valence-electron chi connectivity index (χ3n) is 4.98. The predicted molar refractivity (Wildman–Crippen MR) is 114 cm³/mol. The Morgan fingerprint density at radius 1 is 1.18 bits per heavy atom. The molecular weight excluding hydrogens is 439 g/mol. The zero-order chi connectivity index (χ0) is 24.2. The van der Waals surface area contributed by atoms with E-state index in [-0.39, 0.29) is 24.3 Å². The molecular formula is C22H24F3N5O3. The number of carbonyl (C=O) groups excluding carboxylic acids is 1. The van der Waals surface area contributed by atoms with Gasteiger partial charge in [-0.15, -0.1) is 0 Å². The van der Waals surface area contributed by atoms with E-state index in [9.17, 15) is 18.0 Å². The second kappa shape index (κ2) is 9.88. The molecule has 0 N–H and O–H groups in total. The number of alkyl halides is 3. The predicted octanol–water partition coefficient (Wildman–Crippen LogP) is 3.83. The van der Waals surface area contributed by atoms with Crippen molar-refractivity contribution in [1.82, 2.24) is 24.6 Å². The summed E-state index contributed by atoms with van der Waals surface area (Å²) in [5.41, 5.74) is 0.645. The van der Waals surface area contributed by atoms with Crippen molar-refractivity contribution in [2.75, 3.05) is 20.3 Å². The van der Waals surface area contributed by atoms with Crippen LogP contribution >= 0.6 is 0 Å². The van der Waals surface area contributed by atoms with Crippen molar-refractivity contribution < 1.29 is 27.4 Å². The molecule has 3 aromatic rings. The Hall–Kier alpha value is -3.63. The van der Waals surface area contributed by atoms with Crippen LogP contribution in [-0.4, -0.2) is 56.9 Å². The third kappa shape index (κ3) is 5.60. The lowest BCUT2D eigenvalue weighted by molar-refractivity contribution is -0.137. The number of carbonyl (C=O) groups is 1. The maximum absolute atomic E-state index is 13.5. The molecule has 0 spiro atoms. The van der Waals surface area contributed by atoms with Crippen LogP contribution < -0.4 is 9.47 Å². The number of hydrogen-bond acceptors (Lipinski definition) is 6. The number of aromatic nitrogens is 4. The smallest absolute Gasteiger partial charge is 0.417 e.